The van der Waals surface area contributed by atoms with Crippen molar-refractivity contribution in [2.75, 3.05) is 0 Å². The number of rotatable bonds is 2. The molecule has 0 radical (unpaired) electrons. The highest BCUT2D eigenvalue weighted by atomic mass is 19.4. The van der Waals surface area contributed by atoms with Crippen LogP contribution in [-0.2, 0) is 23.7 Å². The lowest BCUT2D eigenvalue weighted by Gasteiger charge is -2.14. The lowest BCUT2D eigenvalue weighted by molar-refractivity contribution is -0.143. The first kappa shape index (κ1) is 16.8. The zero-order chi connectivity index (χ0) is 17.6. The number of fused-ring (bicyclic) bond motifs is 1. The van der Waals surface area contributed by atoms with Gasteiger partial charge in [0.05, 0.1) is 16.6 Å². The monoisotopic (exact) mass is 340 g/mol. The molecule has 1 heterocycles. The number of carboxylic acids is 1. The molecule has 2 aromatic rings. The van der Waals surface area contributed by atoms with Crippen molar-refractivity contribution in [3.05, 3.63) is 39.8 Å². The van der Waals surface area contributed by atoms with Crippen LogP contribution in [0.15, 0.2) is 23.0 Å². The topological polar surface area (TPSA) is 72.2 Å². The summed E-state index contributed by atoms with van der Waals surface area (Å²) in [5, 5.41) is 8.69. The van der Waals surface area contributed by atoms with Gasteiger partial charge >= 0.3 is 18.3 Å². The van der Waals surface area contributed by atoms with E-state index in [0.29, 0.717) is 18.2 Å². The molecule has 5 nitrogen and oxygen atoms in total. The van der Waals surface area contributed by atoms with Gasteiger partial charge in [-0.05, 0) is 18.2 Å². The standard InChI is InChI=1S/C12H6F6N2O3/c13-11(14,15)5-1-2-6-7(3-5)20(4-8(21)22)10(23)9(19-6)12(16,17)18/h1-3H,4H2,(H,21,22). The quantitative estimate of drug-likeness (QED) is 0.853. The summed E-state index contributed by atoms with van der Waals surface area (Å²) in [7, 11) is 0. The molecule has 0 saturated carbocycles. The molecule has 0 amide bonds. The summed E-state index contributed by atoms with van der Waals surface area (Å²) in [6.45, 7) is -1.23. The third kappa shape index (κ3) is 3.27. The molecule has 0 saturated heterocycles. The number of alkyl halides is 6. The van der Waals surface area contributed by atoms with Crippen molar-refractivity contribution >= 4 is 17.0 Å². The van der Waals surface area contributed by atoms with Gasteiger partial charge in [-0.1, -0.05) is 0 Å². The van der Waals surface area contributed by atoms with E-state index in [2.05, 4.69) is 4.98 Å². The molecule has 1 N–H and O–H groups in total. The highest BCUT2D eigenvalue weighted by Gasteiger charge is 2.38. The molecule has 0 aliphatic rings. The fraction of sp³-hybridized carbons (Fsp3) is 0.250. The van der Waals surface area contributed by atoms with Gasteiger partial charge in [0.25, 0.3) is 5.56 Å². The van der Waals surface area contributed by atoms with Crippen molar-refractivity contribution in [1.29, 1.82) is 0 Å². The smallest absolute Gasteiger partial charge is 0.438 e. The Morgan fingerprint density at radius 3 is 2.22 bits per heavy atom. The molecule has 23 heavy (non-hydrogen) atoms. The Bertz CT molecular complexity index is 838. The third-order valence-corrected chi connectivity index (χ3v) is 2.84. The van der Waals surface area contributed by atoms with Gasteiger partial charge in [0.2, 0.25) is 5.69 Å². The zero-order valence-corrected chi connectivity index (χ0v) is 10.9. The van der Waals surface area contributed by atoms with Crippen molar-refractivity contribution in [3.63, 3.8) is 0 Å². The van der Waals surface area contributed by atoms with Gasteiger partial charge in [-0.25, -0.2) is 4.98 Å². The summed E-state index contributed by atoms with van der Waals surface area (Å²) in [6, 6.07) is 1.52. The molecule has 1 aromatic heterocycles. The maximum absolute atomic E-state index is 12.8. The van der Waals surface area contributed by atoms with E-state index < -0.39 is 52.7 Å². The predicted molar refractivity (Wildman–Crippen MR) is 63.6 cm³/mol. The molecule has 0 fully saturated rings. The maximum Gasteiger partial charge on any atom is 0.438 e. The first-order chi connectivity index (χ1) is 10.4. The van der Waals surface area contributed by atoms with Crippen LogP contribution < -0.4 is 5.56 Å². The Morgan fingerprint density at radius 2 is 1.74 bits per heavy atom. The number of carbonyl (C=O) groups is 1. The minimum Gasteiger partial charge on any atom is -0.480 e. The summed E-state index contributed by atoms with van der Waals surface area (Å²) < 4.78 is 76.4. The van der Waals surface area contributed by atoms with E-state index in [-0.39, 0.29) is 4.57 Å². The third-order valence-electron chi connectivity index (χ3n) is 2.84. The molecule has 0 spiro atoms. The molecule has 0 bridgehead atoms. The van der Waals surface area contributed by atoms with Crippen LogP contribution in [0.5, 0.6) is 0 Å². The number of aromatic nitrogens is 2. The van der Waals surface area contributed by atoms with Crippen molar-refractivity contribution in [3.8, 4) is 0 Å². The molecule has 0 aliphatic heterocycles. The van der Waals surface area contributed by atoms with Crippen LogP contribution in [-0.4, -0.2) is 20.6 Å². The fourth-order valence-electron chi connectivity index (χ4n) is 1.89. The molecule has 11 heteroatoms. The number of aliphatic carboxylic acids is 1. The van der Waals surface area contributed by atoms with E-state index in [4.69, 9.17) is 5.11 Å². The van der Waals surface area contributed by atoms with E-state index in [1.165, 1.54) is 0 Å². The SMILES string of the molecule is O=C(O)Cn1c(=O)c(C(F)(F)F)nc2ccc(C(F)(F)F)cc21. The highest BCUT2D eigenvalue weighted by Crippen LogP contribution is 2.32. The van der Waals surface area contributed by atoms with Gasteiger partial charge in [-0.15, -0.1) is 0 Å². The predicted octanol–water partition coefficient (Wildman–Crippen LogP) is 2.52. The van der Waals surface area contributed by atoms with Crippen molar-refractivity contribution < 1.29 is 36.2 Å². The highest BCUT2D eigenvalue weighted by molar-refractivity contribution is 5.78. The van der Waals surface area contributed by atoms with E-state index in [9.17, 15) is 35.9 Å². The second-order valence-electron chi connectivity index (χ2n) is 4.44. The van der Waals surface area contributed by atoms with Gasteiger partial charge in [0.15, 0.2) is 0 Å². The molecule has 124 valence electrons. The molecule has 0 aliphatic carbocycles. The Balaban J connectivity index is 2.88. The Morgan fingerprint density at radius 1 is 1.13 bits per heavy atom. The van der Waals surface area contributed by atoms with Gasteiger partial charge in [-0.3, -0.25) is 14.2 Å². The van der Waals surface area contributed by atoms with Gasteiger partial charge in [0, 0.05) is 0 Å². The van der Waals surface area contributed by atoms with Crippen LogP contribution in [0.25, 0.3) is 11.0 Å². The van der Waals surface area contributed by atoms with Crippen molar-refractivity contribution in [2.45, 2.75) is 18.9 Å². The van der Waals surface area contributed by atoms with Crippen LogP contribution in [0.1, 0.15) is 11.3 Å². The molecular formula is C12H6F6N2O3. The van der Waals surface area contributed by atoms with Crippen LogP contribution in [0.4, 0.5) is 26.3 Å². The lowest BCUT2D eigenvalue weighted by Crippen LogP contribution is -2.32. The van der Waals surface area contributed by atoms with Gasteiger partial charge < -0.3 is 5.11 Å². The number of hydrogen-bond acceptors (Lipinski definition) is 3. The number of carboxylic acid groups (broad SMARTS) is 1. The first-order valence-corrected chi connectivity index (χ1v) is 5.82. The summed E-state index contributed by atoms with van der Waals surface area (Å²) in [4.78, 5) is 25.5. The van der Waals surface area contributed by atoms with Crippen molar-refractivity contribution in [2.24, 2.45) is 0 Å². The second-order valence-corrected chi connectivity index (χ2v) is 4.44. The Hall–Kier alpha value is -2.59. The van der Waals surface area contributed by atoms with Gasteiger partial charge in [-0.2, -0.15) is 26.3 Å². The largest absolute Gasteiger partial charge is 0.480 e. The van der Waals surface area contributed by atoms with E-state index in [0.717, 1.165) is 0 Å². The van der Waals surface area contributed by atoms with E-state index in [1.54, 1.807) is 0 Å². The molecule has 2 rings (SSSR count). The minimum atomic E-state index is -5.17. The van der Waals surface area contributed by atoms with Crippen LogP contribution in [0, 0.1) is 0 Å². The lowest BCUT2D eigenvalue weighted by atomic mass is 10.1. The summed E-state index contributed by atoms with van der Waals surface area (Å²) >= 11 is 0. The minimum absolute atomic E-state index is 0.0999. The maximum atomic E-state index is 12.8. The molecule has 0 unspecified atom stereocenters. The summed E-state index contributed by atoms with van der Waals surface area (Å²) in [6.07, 6.45) is -9.99. The summed E-state index contributed by atoms with van der Waals surface area (Å²) in [5.41, 5.74) is -6.20. The normalized spacial score (nSPS) is 12.6. The second kappa shape index (κ2) is 5.25. The number of benzene rings is 1. The zero-order valence-electron chi connectivity index (χ0n) is 10.9. The Kier molecular flexibility index (Phi) is 3.83. The Labute approximate surface area is 122 Å². The summed E-state index contributed by atoms with van der Waals surface area (Å²) in [5.74, 6) is -1.69. The number of nitrogens with zero attached hydrogens (tertiary/aromatic N) is 2. The van der Waals surface area contributed by atoms with E-state index in [1.807, 2.05) is 0 Å². The molecular weight excluding hydrogens is 334 g/mol. The number of hydrogen-bond donors (Lipinski definition) is 1. The van der Waals surface area contributed by atoms with Crippen molar-refractivity contribution in [1.82, 2.24) is 9.55 Å². The van der Waals surface area contributed by atoms with Gasteiger partial charge in [0.1, 0.15) is 6.54 Å². The van der Waals surface area contributed by atoms with Crippen LogP contribution in [0.3, 0.4) is 0 Å². The number of halogens is 6. The van der Waals surface area contributed by atoms with Crippen LogP contribution in [0.2, 0.25) is 0 Å². The first-order valence-electron chi connectivity index (χ1n) is 5.82. The van der Waals surface area contributed by atoms with Crippen LogP contribution >= 0.6 is 0 Å². The average Bonchev–Trinajstić information content (AvgIpc) is 2.38. The molecule has 1 aromatic carbocycles. The molecule has 0 atom stereocenters. The fourth-order valence-corrected chi connectivity index (χ4v) is 1.89. The van der Waals surface area contributed by atoms with E-state index >= 15 is 0 Å². The average molecular weight is 340 g/mol.